The minimum Gasteiger partial charge on any atom is -0.491 e. The van der Waals surface area contributed by atoms with Crippen LogP contribution in [0.15, 0.2) is 40.3 Å². The lowest BCUT2D eigenvalue weighted by molar-refractivity contribution is -0.128. The maximum absolute atomic E-state index is 13.2. The highest BCUT2D eigenvalue weighted by Crippen LogP contribution is 2.43. The van der Waals surface area contributed by atoms with Crippen molar-refractivity contribution in [2.75, 3.05) is 12.4 Å². The average Bonchev–Trinajstić information content (AvgIpc) is 2.61. The van der Waals surface area contributed by atoms with E-state index in [1.165, 1.54) is 6.42 Å². The van der Waals surface area contributed by atoms with E-state index in [1.54, 1.807) is 18.9 Å². The van der Waals surface area contributed by atoms with Crippen LogP contribution < -0.4 is 5.32 Å². The number of allylic oxidation sites excluding steroid dienone is 1. The molecular formula is C21H31NO2S. The summed E-state index contributed by atoms with van der Waals surface area (Å²) >= 11 is 1.54. The van der Waals surface area contributed by atoms with Gasteiger partial charge in [-0.25, -0.2) is 0 Å². The molecule has 0 aliphatic heterocycles. The second kappa shape index (κ2) is 9.33. The number of para-hydroxylation sites is 1. The topological polar surface area (TPSA) is 38.3 Å². The summed E-state index contributed by atoms with van der Waals surface area (Å²) in [7, 11) is 1.67. The molecule has 1 N–H and O–H groups in total. The molecule has 138 valence electrons. The largest absolute Gasteiger partial charge is 0.491 e. The van der Waals surface area contributed by atoms with Crippen LogP contribution in [0, 0.1) is 11.3 Å². The van der Waals surface area contributed by atoms with Gasteiger partial charge in [0.15, 0.2) is 5.09 Å². The zero-order valence-electron chi connectivity index (χ0n) is 15.9. The van der Waals surface area contributed by atoms with Crippen LogP contribution in [0.2, 0.25) is 0 Å². The summed E-state index contributed by atoms with van der Waals surface area (Å²) < 4.78 is 5.36. The molecule has 1 amide bonds. The summed E-state index contributed by atoms with van der Waals surface area (Å²) in [6.45, 7) is 6.38. The Labute approximate surface area is 156 Å². The summed E-state index contributed by atoms with van der Waals surface area (Å²) in [6, 6.07) is 7.97. The smallest absolute Gasteiger partial charge is 0.230 e. The van der Waals surface area contributed by atoms with Gasteiger partial charge in [-0.2, -0.15) is 0 Å². The van der Waals surface area contributed by atoms with E-state index < -0.39 is 0 Å². The van der Waals surface area contributed by atoms with Gasteiger partial charge in [0.1, 0.15) is 0 Å². The van der Waals surface area contributed by atoms with Gasteiger partial charge in [0.2, 0.25) is 5.91 Å². The number of hydrogen-bond acceptors (Lipinski definition) is 3. The van der Waals surface area contributed by atoms with Crippen molar-refractivity contribution in [2.45, 2.75) is 64.2 Å². The minimum atomic E-state index is -0.213. The Morgan fingerprint density at radius 3 is 2.56 bits per heavy atom. The lowest BCUT2D eigenvalue weighted by atomic mass is 9.68. The molecule has 0 atom stereocenters. The number of hydrogen-bond donors (Lipinski definition) is 1. The van der Waals surface area contributed by atoms with Crippen molar-refractivity contribution in [3.63, 3.8) is 0 Å². The molecular weight excluding hydrogens is 330 g/mol. The minimum absolute atomic E-state index is 0.188. The molecule has 1 aromatic carbocycles. The predicted octanol–water partition coefficient (Wildman–Crippen LogP) is 6.22. The molecule has 2 rings (SSSR count). The van der Waals surface area contributed by atoms with E-state index in [0.717, 1.165) is 47.8 Å². The average molecular weight is 362 g/mol. The maximum Gasteiger partial charge on any atom is 0.230 e. The van der Waals surface area contributed by atoms with Crippen molar-refractivity contribution in [3.8, 4) is 0 Å². The number of nitrogens with one attached hydrogen (secondary N) is 1. The number of anilines is 1. The van der Waals surface area contributed by atoms with E-state index in [1.807, 2.05) is 37.3 Å². The van der Waals surface area contributed by atoms with Crippen LogP contribution in [0.3, 0.4) is 0 Å². The van der Waals surface area contributed by atoms with Crippen molar-refractivity contribution in [3.05, 3.63) is 35.4 Å². The lowest BCUT2D eigenvalue weighted by Crippen LogP contribution is -2.39. The molecule has 1 aliphatic rings. The van der Waals surface area contributed by atoms with Crippen molar-refractivity contribution >= 4 is 23.4 Å². The number of methoxy groups -OCH3 is 1. The molecule has 0 aromatic heterocycles. The van der Waals surface area contributed by atoms with Gasteiger partial charge in [0, 0.05) is 10.3 Å². The van der Waals surface area contributed by atoms with Crippen molar-refractivity contribution in [2.24, 2.45) is 11.3 Å². The van der Waals surface area contributed by atoms with E-state index in [0.29, 0.717) is 5.92 Å². The Kier molecular flexibility index (Phi) is 7.42. The molecule has 25 heavy (non-hydrogen) atoms. The van der Waals surface area contributed by atoms with Crippen LogP contribution in [0.4, 0.5) is 5.69 Å². The number of thioether (sulfide) groups is 1. The molecule has 1 fully saturated rings. The molecule has 0 heterocycles. The monoisotopic (exact) mass is 361 g/mol. The van der Waals surface area contributed by atoms with E-state index in [4.69, 9.17) is 4.74 Å². The normalized spacial score (nSPS) is 17.4. The Morgan fingerprint density at radius 2 is 1.96 bits per heavy atom. The quantitative estimate of drug-likeness (QED) is 0.463. The van der Waals surface area contributed by atoms with Crippen molar-refractivity contribution in [1.29, 1.82) is 0 Å². The molecule has 0 unspecified atom stereocenters. The zero-order valence-corrected chi connectivity index (χ0v) is 16.7. The standard InChI is InChI=1S/C21H31NO2S/c1-5-19(24-4)25-18-12-8-7-11-17(18)22-20(23)21(15-16(2)3)13-9-6-10-14-21/h5,7-8,11-12,16H,6,9-10,13-15H2,1-4H3,(H,22,23). The summed E-state index contributed by atoms with van der Waals surface area (Å²) in [5.74, 6) is 0.713. The van der Waals surface area contributed by atoms with Crippen molar-refractivity contribution in [1.82, 2.24) is 0 Å². The molecule has 1 saturated carbocycles. The molecule has 1 aromatic rings. The highest BCUT2D eigenvalue weighted by atomic mass is 32.2. The molecule has 0 bridgehead atoms. The Morgan fingerprint density at radius 1 is 1.28 bits per heavy atom. The van der Waals surface area contributed by atoms with Crippen LogP contribution in [0.25, 0.3) is 0 Å². The summed E-state index contributed by atoms with van der Waals surface area (Å²) in [4.78, 5) is 14.3. The van der Waals surface area contributed by atoms with E-state index in [-0.39, 0.29) is 11.3 Å². The molecule has 0 radical (unpaired) electrons. The van der Waals surface area contributed by atoms with Crippen LogP contribution in [0.1, 0.15) is 59.3 Å². The van der Waals surface area contributed by atoms with Gasteiger partial charge in [0.25, 0.3) is 0 Å². The Balaban J connectivity index is 2.21. The first kappa shape index (κ1) is 19.9. The van der Waals surface area contributed by atoms with E-state index >= 15 is 0 Å². The summed E-state index contributed by atoms with van der Waals surface area (Å²) in [5, 5.41) is 4.07. The number of benzene rings is 1. The van der Waals surface area contributed by atoms with Crippen LogP contribution in [-0.4, -0.2) is 13.0 Å². The van der Waals surface area contributed by atoms with Gasteiger partial charge in [-0.05, 0) is 50.3 Å². The zero-order chi connectivity index (χ0) is 18.3. The van der Waals surface area contributed by atoms with Gasteiger partial charge in [-0.15, -0.1) is 0 Å². The summed E-state index contributed by atoms with van der Waals surface area (Å²) in [6.07, 6.45) is 8.47. The van der Waals surface area contributed by atoms with Crippen molar-refractivity contribution < 1.29 is 9.53 Å². The fraction of sp³-hybridized carbons (Fsp3) is 0.571. The molecule has 3 nitrogen and oxygen atoms in total. The Bertz CT molecular complexity index is 604. The van der Waals surface area contributed by atoms with E-state index in [9.17, 15) is 4.79 Å². The first-order valence-corrected chi connectivity index (χ1v) is 10.1. The first-order valence-electron chi connectivity index (χ1n) is 9.29. The third-order valence-corrected chi connectivity index (χ3v) is 6.05. The Hall–Kier alpha value is -1.42. The van der Waals surface area contributed by atoms with Gasteiger partial charge < -0.3 is 10.1 Å². The van der Waals surface area contributed by atoms with Gasteiger partial charge in [-0.3, -0.25) is 4.79 Å². The molecule has 0 spiro atoms. The fourth-order valence-corrected chi connectivity index (χ4v) is 4.57. The summed E-state index contributed by atoms with van der Waals surface area (Å²) in [5.41, 5.74) is 0.664. The van der Waals surface area contributed by atoms with Gasteiger partial charge in [0.05, 0.1) is 12.8 Å². The number of ether oxygens (including phenoxy) is 1. The number of amides is 1. The molecule has 0 saturated heterocycles. The first-order chi connectivity index (χ1) is 12.0. The predicted molar refractivity (Wildman–Crippen MR) is 107 cm³/mol. The maximum atomic E-state index is 13.2. The molecule has 1 aliphatic carbocycles. The molecule has 4 heteroatoms. The second-order valence-corrected chi connectivity index (χ2v) is 8.35. The third-order valence-electron chi connectivity index (χ3n) is 4.87. The second-order valence-electron chi connectivity index (χ2n) is 7.30. The fourth-order valence-electron chi connectivity index (χ4n) is 3.77. The number of carbonyl (C=O) groups is 1. The highest BCUT2D eigenvalue weighted by Gasteiger charge is 2.39. The van der Waals surface area contributed by atoms with E-state index in [2.05, 4.69) is 19.2 Å². The SMILES string of the molecule is CC=C(OC)Sc1ccccc1NC(=O)C1(CC(C)C)CCCCC1. The van der Waals surface area contributed by atoms with Crippen LogP contribution in [0.5, 0.6) is 0 Å². The number of carbonyl (C=O) groups excluding carboxylic acids is 1. The highest BCUT2D eigenvalue weighted by molar-refractivity contribution is 8.03. The van der Waals surface area contributed by atoms with Crippen LogP contribution >= 0.6 is 11.8 Å². The lowest BCUT2D eigenvalue weighted by Gasteiger charge is -2.37. The number of rotatable bonds is 7. The van der Waals surface area contributed by atoms with Gasteiger partial charge in [-0.1, -0.05) is 57.0 Å². The van der Waals surface area contributed by atoms with Gasteiger partial charge >= 0.3 is 0 Å². The van der Waals surface area contributed by atoms with Crippen LogP contribution in [-0.2, 0) is 9.53 Å². The third kappa shape index (κ3) is 5.27.